The Labute approximate surface area is 230 Å². The highest BCUT2D eigenvalue weighted by molar-refractivity contribution is 7.80. The van der Waals surface area contributed by atoms with Gasteiger partial charge in [0.25, 0.3) is 0 Å². The standard InChI is InChI=1S/C27H28ClFN6O2S/c1-15-24(17(3)34(32-15)13-19-9-6-7-10-20(19)26(36)37-5)30-27(38)31-25-16(2)33-35(18(25)4)14-21-22(28)11-8-12-23(21)29/h6-12H,13-14H2,1-5H3,(H2,30,31,38). The Morgan fingerprint density at radius 1 is 0.947 bits per heavy atom. The number of rotatable bonds is 7. The monoisotopic (exact) mass is 554 g/mol. The highest BCUT2D eigenvalue weighted by Gasteiger charge is 2.19. The number of benzene rings is 2. The molecule has 2 aromatic heterocycles. The molecule has 0 spiro atoms. The zero-order valence-electron chi connectivity index (χ0n) is 21.7. The van der Waals surface area contributed by atoms with E-state index in [1.165, 1.54) is 13.2 Å². The number of aromatic nitrogens is 4. The molecule has 8 nitrogen and oxygen atoms in total. The van der Waals surface area contributed by atoms with Crippen molar-refractivity contribution in [2.24, 2.45) is 0 Å². The number of carbonyl (C=O) groups excluding carboxylic acids is 1. The molecule has 198 valence electrons. The number of nitrogens with zero attached hydrogens (tertiary/aromatic N) is 4. The van der Waals surface area contributed by atoms with Crippen molar-refractivity contribution in [2.75, 3.05) is 17.7 Å². The zero-order valence-corrected chi connectivity index (χ0v) is 23.3. The Balaban J connectivity index is 1.51. The van der Waals surface area contributed by atoms with Crippen LogP contribution >= 0.6 is 23.8 Å². The molecular formula is C27H28ClFN6O2S. The fourth-order valence-corrected chi connectivity index (χ4v) is 4.71. The van der Waals surface area contributed by atoms with Crippen molar-refractivity contribution < 1.29 is 13.9 Å². The van der Waals surface area contributed by atoms with Crippen LogP contribution < -0.4 is 10.6 Å². The van der Waals surface area contributed by atoms with Gasteiger partial charge in [-0.25, -0.2) is 9.18 Å². The van der Waals surface area contributed by atoms with Crippen LogP contribution in [0.2, 0.25) is 5.02 Å². The molecule has 2 aromatic carbocycles. The van der Waals surface area contributed by atoms with Gasteiger partial charge in [-0.1, -0.05) is 35.9 Å². The zero-order chi connectivity index (χ0) is 27.6. The van der Waals surface area contributed by atoms with Gasteiger partial charge in [0.15, 0.2) is 5.11 Å². The van der Waals surface area contributed by atoms with E-state index in [1.807, 2.05) is 44.5 Å². The molecule has 0 atom stereocenters. The van der Waals surface area contributed by atoms with Crippen molar-refractivity contribution in [1.29, 1.82) is 0 Å². The summed E-state index contributed by atoms with van der Waals surface area (Å²) in [7, 11) is 1.36. The number of ether oxygens (including phenoxy) is 1. The van der Waals surface area contributed by atoms with E-state index >= 15 is 0 Å². The van der Waals surface area contributed by atoms with E-state index in [0.717, 1.165) is 34.0 Å². The quantitative estimate of drug-likeness (QED) is 0.221. The van der Waals surface area contributed by atoms with E-state index in [1.54, 1.807) is 28.9 Å². The molecule has 38 heavy (non-hydrogen) atoms. The number of thiocarbonyl (C=S) groups is 1. The summed E-state index contributed by atoms with van der Waals surface area (Å²) < 4.78 is 22.7. The average molecular weight is 555 g/mol. The average Bonchev–Trinajstić information content (AvgIpc) is 3.30. The third-order valence-electron chi connectivity index (χ3n) is 6.35. The summed E-state index contributed by atoms with van der Waals surface area (Å²) in [5.41, 5.74) is 6.25. The van der Waals surface area contributed by atoms with Crippen molar-refractivity contribution in [1.82, 2.24) is 19.6 Å². The van der Waals surface area contributed by atoms with Crippen LogP contribution in [0, 0.1) is 33.5 Å². The van der Waals surface area contributed by atoms with Crippen LogP contribution in [0.3, 0.4) is 0 Å². The maximum Gasteiger partial charge on any atom is 0.338 e. The predicted octanol–water partition coefficient (Wildman–Crippen LogP) is 5.80. The summed E-state index contributed by atoms with van der Waals surface area (Å²) in [5, 5.41) is 16.4. The van der Waals surface area contributed by atoms with Crippen molar-refractivity contribution >= 4 is 46.3 Å². The summed E-state index contributed by atoms with van der Waals surface area (Å²) in [6, 6.07) is 11.9. The van der Waals surface area contributed by atoms with Gasteiger partial charge >= 0.3 is 5.97 Å². The molecule has 0 saturated heterocycles. The van der Waals surface area contributed by atoms with Gasteiger partial charge in [0.2, 0.25) is 0 Å². The van der Waals surface area contributed by atoms with Crippen molar-refractivity contribution in [3.05, 3.63) is 92.8 Å². The second-order valence-corrected chi connectivity index (χ2v) is 9.65. The van der Waals surface area contributed by atoms with Gasteiger partial charge in [-0.15, -0.1) is 0 Å². The number of hydrogen-bond donors (Lipinski definition) is 2. The lowest BCUT2D eigenvalue weighted by molar-refractivity contribution is 0.0599. The SMILES string of the molecule is COC(=O)c1ccccc1Cn1nc(C)c(NC(=S)Nc2c(C)nn(Cc3c(F)cccc3Cl)c2C)c1C. The van der Waals surface area contributed by atoms with Gasteiger partial charge in [0.05, 0.1) is 59.9 Å². The topological polar surface area (TPSA) is 86.0 Å². The molecule has 0 aliphatic carbocycles. The minimum Gasteiger partial charge on any atom is -0.465 e. The molecule has 0 radical (unpaired) electrons. The molecule has 2 heterocycles. The van der Waals surface area contributed by atoms with Crippen molar-refractivity contribution in [2.45, 2.75) is 40.8 Å². The first-order valence-corrected chi connectivity index (χ1v) is 12.6. The summed E-state index contributed by atoms with van der Waals surface area (Å²) in [6.45, 7) is 8.13. The fraction of sp³-hybridized carbons (Fsp3) is 0.259. The van der Waals surface area contributed by atoms with E-state index in [9.17, 15) is 9.18 Å². The third kappa shape index (κ3) is 5.56. The lowest BCUT2D eigenvalue weighted by Crippen LogP contribution is -2.21. The van der Waals surface area contributed by atoms with Crippen LogP contribution in [-0.2, 0) is 17.8 Å². The first kappa shape index (κ1) is 27.3. The van der Waals surface area contributed by atoms with E-state index in [4.69, 9.17) is 28.6 Å². The highest BCUT2D eigenvalue weighted by atomic mass is 35.5. The van der Waals surface area contributed by atoms with Crippen LogP contribution in [0.4, 0.5) is 15.8 Å². The molecule has 4 aromatic rings. The maximum absolute atomic E-state index is 14.3. The van der Waals surface area contributed by atoms with Gasteiger partial charge in [0, 0.05) is 10.6 Å². The van der Waals surface area contributed by atoms with Crippen LogP contribution in [0.1, 0.15) is 44.3 Å². The Hall–Kier alpha value is -3.76. The molecule has 0 aliphatic heterocycles. The molecule has 0 fully saturated rings. The molecule has 0 amide bonds. The number of hydrogen-bond acceptors (Lipinski definition) is 5. The van der Waals surface area contributed by atoms with E-state index in [2.05, 4.69) is 20.8 Å². The van der Waals surface area contributed by atoms with Crippen molar-refractivity contribution in [3.8, 4) is 0 Å². The first-order valence-electron chi connectivity index (χ1n) is 11.9. The van der Waals surface area contributed by atoms with Gasteiger partial charge < -0.3 is 15.4 Å². The number of esters is 1. The lowest BCUT2D eigenvalue weighted by atomic mass is 10.1. The second kappa shape index (κ2) is 11.3. The normalized spacial score (nSPS) is 10.9. The molecule has 11 heteroatoms. The van der Waals surface area contributed by atoms with E-state index < -0.39 is 5.97 Å². The molecule has 0 saturated carbocycles. The second-order valence-electron chi connectivity index (χ2n) is 8.84. The van der Waals surface area contributed by atoms with Gasteiger partial charge in [-0.2, -0.15) is 10.2 Å². The summed E-state index contributed by atoms with van der Waals surface area (Å²) in [4.78, 5) is 12.2. The van der Waals surface area contributed by atoms with Crippen LogP contribution in [0.25, 0.3) is 0 Å². The Kier molecular flexibility index (Phi) is 8.13. The molecule has 4 rings (SSSR count). The summed E-state index contributed by atoms with van der Waals surface area (Å²) in [6.07, 6.45) is 0. The minimum atomic E-state index is -0.394. The molecule has 0 bridgehead atoms. The first-order chi connectivity index (χ1) is 18.1. The van der Waals surface area contributed by atoms with E-state index in [0.29, 0.717) is 33.5 Å². The number of nitrogens with one attached hydrogen (secondary N) is 2. The molecule has 0 unspecified atom stereocenters. The lowest BCUT2D eigenvalue weighted by Gasteiger charge is -2.13. The van der Waals surface area contributed by atoms with Crippen LogP contribution in [-0.4, -0.2) is 37.8 Å². The minimum absolute atomic E-state index is 0.193. The predicted molar refractivity (Wildman–Crippen MR) is 151 cm³/mol. The maximum atomic E-state index is 14.3. The molecular weight excluding hydrogens is 527 g/mol. The number of anilines is 2. The van der Waals surface area contributed by atoms with Gasteiger partial charge in [0.1, 0.15) is 5.82 Å². The van der Waals surface area contributed by atoms with Crippen LogP contribution in [0.5, 0.6) is 0 Å². The summed E-state index contributed by atoms with van der Waals surface area (Å²) in [5.74, 6) is -0.775. The number of halogens is 2. The van der Waals surface area contributed by atoms with E-state index in [-0.39, 0.29) is 12.4 Å². The summed E-state index contributed by atoms with van der Waals surface area (Å²) >= 11 is 11.8. The molecule has 0 aliphatic rings. The Morgan fingerprint density at radius 3 is 2.11 bits per heavy atom. The largest absolute Gasteiger partial charge is 0.465 e. The van der Waals surface area contributed by atoms with Gasteiger partial charge in [-0.05, 0) is 63.7 Å². The Bertz CT molecular complexity index is 1510. The fourth-order valence-electron chi connectivity index (χ4n) is 4.28. The Morgan fingerprint density at radius 2 is 1.53 bits per heavy atom. The molecule has 2 N–H and O–H groups in total. The number of carbonyl (C=O) groups is 1. The smallest absolute Gasteiger partial charge is 0.338 e. The number of methoxy groups -OCH3 is 1. The third-order valence-corrected chi connectivity index (χ3v) is 6.91. The van der Waals surface area contributed by atoms with Crippen molar-refractivity contribution in [3.63, 3.8) is 0 Å². The highest BCUT2D eigenvalue weighted by Crippen LogP contribution is 2.26. The van der Waals surface area contributed by atoms with Gasteiger partial charge in [-0.3, -0.25) is 9.36 Å². The van der Waals surface area contributed by atoms with Crippen LogP contribution in [0.15, 0.2) is 42.5 Å². The number of aryl methyl sites for hydroxylation is 2.